The molecule has 0 fully saturated rings. The Hall–Kier alpha value is -0.650. The molecule has 0 spiro atoms. The van der Waals surface area contributed by atoms with Crippen molar-refractivity contribution in [2.45, 2.75) is 19.5 Å². The molecule has 0 amide bonds. The van der Waals surface area contributed by atoms with Crippen LogP contribution < -0.4 is 5.32 Å². The first-order valence-electron chi connectivity index (χ1n) is 4.72. The number of hydrogen-bond donors (Lipinski definition) is 2. The van der Waals surface area contributed by atoms with Crippen molar-refractivity contribution in [3.8, 4) is 0 Å². The molecule has 5 heteroatoms. The molecule has 0 saturated carbocycles. The number of nitrogens with zero attached hydrogens (tertiary/aromatic N) is 1. The van der Waals surface area contributed by atoms with Crippen molar-refractivity contribution in [3.63, 3.8) is 0 Å². The molecule has 0 aliphatic heterocycles. The van der Waals surface area contributed by atoms with E-state index < -0.39 is 0 Å². The minimum Gasteiger partial charge on any atom is -0.347 e. The third-order valence-corrected chi connectivity index (χ3v) is 4.12. The van der Waals surface area contributed by atoms with E-state index in [2.05, 4.69) is 49.6 Å². The zero-order chi connectivity index (χ0) is 10.7. The lowest BCUT2D eigenvalue weighted by molar-refractivity contribution is 0.554. The van der Waals surface area contributed by atoms with Gasteiger partial charge in [0.2, 0.25) is 0 Å². The average Bonchev–Trinajstić information content (AvgIpc) is 2.85. The standard InChI is InChI=1S/C10H12BrN3S/c1-7(10-12-3-4-13-10)14-6-9-8(11)2-5-15-9/h2-5,7,14H,6H2,1H3,(H,12,13). The van der Waals surface area contributed by atoms with Crippen LogP contribution in [0.2, 0.25) is 0 Å². The van der Waals surface area contributed by atoms with Crippen LogP contribution in [0.3, 0.4) is 0 Å². The molecule has 0 bridgehead atoms. The Labute approximate surface area is 101 Å². The molecule has 80 valence electrons. The molecule has 2 rings (SSSR count). The summed E-state index contributed by atoms with van der Waals surface area (Å²) < 4.78 is 1.17. The first-order valence-corrected chi connectivity index (χ1v) is 6.39. The van der Waals surface area contributed by atoms with Gasteiger partial charge in [0.1, 0.15) is 5.82 Å². The lowest BCUT2D eigenvalue weighted by Gasteiger charge is -2.10. The van der Waals surface area contributed by atoms with Gasteiger partial charge in [-0.1, -0.05) is 0 Å². The molecule has 0 aliphatic carbocycles. The largest absolute Gasteiger partial charge is 0.347 e. The van der Waals surface area contributed by atoms with E-state index in [1.54, 1.807) is 17.5 Å². The molecule has 1 atom stereocenters. The quantitative estimate of drug-likeness (QED) is 0.906. The van der Waals surface area contributed by atoms with E-state index in [0.29, 0.717) is 0 Å². The van der Waals surface area contributed by atoms with Gasteiger partial charge in [-0.25, -0.2) is 4.98 Å². The van der Waals surface area contributed by atoms with Crippen LogP contribution in [0.4, 0.5) is 0 Å². The Morgan fingerprint density at radius 3 is 3.13 bits per heavy atom. The Balaban J connectivity index is 1.91. The van der Waals surface area contributed by atoms with Gasteiger partial charge in [0, 0.05) is 28.3 Å². The third kappa shape index (κ3) is 2.68. The minimum absolute atomic E-state index is 0.244. The molecule has 2 aromatic rings. The van der Waals surface area contributed by atoms with Gasteiger partial charge in [0.15, 0.2) is 0 Å². The lowest BCUT2D eigenvalue weighted by Crippen LogP contribution is -2.18. The van der Waals surface area contributed by atoms with E-state index >= 15 is 0 Å². The second-order valence-corrected chi connectivity index (χ2v) is 5.12. The fourth-order valence-corrected chi connectivity index (χ4v) is 2.75. The number of thiophene rings is 1. The Morgan fingerprint density at radius 2 is 2.53 bits per heavy atom. The van der Waals surface area contributed by atoms with Crippen LogP contribution in [0.1, 0.15) is 23.7 Å². The zero-order valence-corrected chi connectivity index (χ0v) is 10.7. The summed E-state index contributed by atoms with van der Waals surface area (Å²) in [6.45, 7) is 2.96. The molecule has 0 aliphatic rings. The smallest absolute Gasteiger partial charge is 0.122 e. The van der Waals surface area contributed by atoms with Crippen molar-refractivity contribution in [1.29, 1.82) is 0 Å². The maximum atomic E-state index is 4.21. The first-order chi connectivity index (χ1) is 7.27. The van der Waals surface area contributed by atoms with Gasteiger partial charge in [-0.15, -0.1) is 11.3 Å². The van der Waals surface area contributed by atoms with E-state index in [4.69, 9.17) is 0 Å². The summed E-state index contributed by atoms with van der Waals surface area (Å²) >= 11 is 5.26. The van der Waals surface area contributed by atoms with Crippen molar-refractivity contribution in [3.05, 3.63) is 39.0 Å². The van der Waals surface area contributed by atoms with Crippen LogP contribution in [0.25, 0.3) is 0 Å². The van der Waals surface area contributed by atoms with Crippen LogP contribution in [0.5, 0.6) is 0 Å². The predicted octanol–water partition coefficient (Wildman–Crippen LogP) is 3.08. The summed E-state index contributed by atoms with van der Waals surface area (Å²) in [5.41, 5.74) is 0. The number of rotatable bonds is 4. The minimum atomic E-state index is 0.244. The number of halogens is 1. The van der Waals surface area contributed by atoms with Gasteiger partial charge in [-0.3, -0.25) is 0 Å². The predicted molar refractivity (Wildman–Crippen MR) is 65.9 cm³/mol. The summed E-state index contributed by atoms with van der Waals surface area (Å²) in [7, 11) is 0. The van der Waals surface area contributed by atoms with Gasteiger partial charge in [0.05, 0.1) is 6.04 Å². The van der Waals surface area contributed by atoms with E-state index in [1.807, 2.05) is 6.20 Å². The van der Waals surface area contributed by atoms with Crippen molar-refractivity contribution in [1.82, 2.24) is 15.3 Å². The molecule has 2 heterocycles. The van der Waals surface area contributed by atoms with Gasteiger partial charge >= 0.3 is 0 Å². The molecular weight excluding hydrogens is 274 g/mol. The molecule has 0 saturated heterocycles. The van der Waals surface area contributed by atoms with Crippen molar-refractivity contribution < 1.29 is 0 Å². The van der Waals surface area contributed by atoms with Crippen molar-refractivity contribution in [2.75, 3.05) is 0 Å². The second kappa shape index (κ2) is 4.92. The number of imidazole rings is 1. The first kappa shape index (κ1) is 10.9. The summed E-state index contributed by atoms with van der Waals surface area (Å²) in [5, 5.41) is 5.50. The second-order valence-electron chi connectivity index (χ2n) is 3.27. The molecule has 3 nitrogen and oxygen atoms in total. The zero-order valence-electron chi connectivity index (χ0n) is 8.33. The molecule has 2 N–H and O–H groups in total. The van der Waals surface area contributed by atoms with Gasteiger partial charge in [-0.2, -0.15) is 0 Å². The van der Waals surface area contributed by atoms with Crippen LogP contribution >= 0.6 is 27.3 Å². The topological polar surface area (TPSA) is 40.7 Å². The van der Waals surface area contributed by atoms with Gasteiger partial charge in [0.25, 0.3) is 0 Å². The maximum absolute atomic E-state index is 4.21. The number of hydrogen-bond acceptors (Lipinski definition) is 3. The number of aromatic nitrogens is 2. The molecule has 0 radical (unpaired) electrons. The monoisotopic (exact) mass is 285 g/mol. The van der Waals surface area contributed by atoms with Crippen molar-refractivity contribution >= 4 is 27.3 Å². The Morgan fingerprint density at radius 1 is 1.67 bits per heavy atom. The lowest BCUT2D eigenvalue weighted by atomic mass is 10.3. The maximum Gasteiger partial charge on any atom is 0.122 e. The fraction of sp³-hybridized carbons (Fsp3) is 0.300. The highest BCUT2D eigenvalue weighted by Gasteiger charge is 2.08. The van der Waals surface area contributed by atoms with E-state index in [9.17, 15) is 0 Å². The van der Waals surface area contributed by atoms with E-state index in [1.165, 1.54) is 9.35 Å². The van der Waals surface area contributed by atoms with E-state index in [-0.39, 0.29) is 6.04 Å². The van der Waals surface area contributed by atoms with Crippen LogP contribution in [-0.2, 0) is 6.54 Å². The highest BCUT2D eigenvalue weighted by molar-refractivity contribution is 9.10. The highest BCUT2D eigenvalue weighted by atomic mass is 79.9. The summed E-state index contributed by atoms with van der Waals surface area (Å²) in [5.74, 6) is 0.975. The molecule has 0 aromatic carbocycles. The summed E-state index contributed by atoms with van der Waals surface area (Å²) in [6, 6.07) is 2.31. The van der Waals surface area contributed by atoms with Crippen LogP contribution in [-0.4, -0.2) is 9.97 Å². The fourth-order valence-electron chi connectivity index (χ4n) is 1.31. The molecule has 15 heavy (non-hydrogen) atoms. The number of nitrogens with one attached hydrogen (secondary N) is 2. The molecular formula is C10H12BrN3S. The van der Waals surface area contributed by atoms with Crippen LogP contribution in [0, 0.1) is 0 Å². The summed E-state index contributed by atoms with van der Waals surface area (Å²) in [6.07, 6.45) is 3.61. The van der Waals surface area contributed by atoms with Gasteiger partial charge in [-0.05, 0) is 34.3 Å². The highest BCUT2D eigenvalue weighted by Crippen LogP contribution is 2.22. The normalized spacial score (nSPS) is 12.9. The number of H-pyrrole nitrogens is 1. The van der Waals surface area contributed by atoms with Gasteiger partial charge < -0.3 is 10.3 Å². The summed E-state index contributed by atoms with van der Waals surface area (Å²) in [4.78, 5) is 8.63. The van der Waals surface area contributed by atoms with Crippen molar-refractivity contribution in [2.24, 2.45) is 0 Å². The third-order valence-electron chi connectivity index (χ3n) is 2.19. The molecule has 1 unspecified atom stereocenters. The van der Waals surface area contributed by atoms with E-state index in [0.717, 1.165) is 12.4 Å². The SMILES string of the molecule is CC(NCc1sccc1Br)c1ncc[nH]1. The molecule has 2 aromatic heterocycles. The average molecular weight is 286 g/mol. The number of aromatic amines is 1. The van der Waals surface area contributed by atoms with Crippen LogP contribution in [0.15, 0.2) is 28.3 Å². The Bertz CT molecular complexity index is 410. The Kier molecular flexibility index (Phi) is 3.56.